The molecule has 25 heavy (non-hydrogen) atoms. The maximum absolute atomic E-state index is 11.7. The van der Waals surface area contributed by atoms with Crippen molar-refractivity contribution in [2.45, 2.75) is 57.6 Å². The van der Waals surface area contributed by atoms with Crippen LogP contribution in [0.1, 0.15) is 57.1 Å². The molecule has 140 valence electrons. The number of hydrazine groups is 2. The SMILES string of the molecule is CC(C)S(=O)(=O)CCCCCCCc1ccc(C2=NNNN2C)cc1. The molecule has 0 atom stereocenters. The number of amidine groups is 1. The first-order valence-electron chi connectivity index (χ1n) is 9.03. The van der Waals surface area contributed by atoms with Gasteiger partial charge in [0.1, 0.15) is 0 Å². The molecular formula is C18H30N4O2S. The minimum Gasteiger partial charge on any atom is -0.274 e. The predicted molar refractivity (Wildman–Crippen MR) is 103 cm³/mol. The Balaban J connectivity index is 1.62. The van der Waals surface area contributed by atoms with Crippen LogP contribution in [-0.4, -0.2) is 37.3 Å². The minimum absolute atomic E-state index is 0.253. The summed E-state index contributed by atoms with van der Waals surface area (Å²) in [5.41, 5.74) is 8.04. The number of rotatable bonds is 10. The zero-order chi connectivity index (χ0) is 18.3. The van der Waals surface area contributed by atoms with Crippen molar-refractivity contribution >= 4 is 15.7 Å². The van der Waals surface area contributed by atoms with Crippen molar-refractivity contribution in [2.24, 2.45) is 5.10 Å². The number of sulfone groups is 1. The van der Waals surface area contributed by atoms with Crippen molar-refractivity contribution < 1.29 is 8.42 Å². The van der Waals surface area contributed by atoms with Crippen LogP contribution in [0.3, 0.4) is 0 Å². The number of nitrogens with one attached hydrogen (secondary N) is 2. The molecule has 0 saturated carbocycles. The summed E-state index contributed by atoms with van der Waals surface area (Å²) in [5, 5.41) is 5.78. The van der Waals surface area contributed by atoms with E-state index in [0.29, 0.717) is 5.75 Å². The van der Waals surface area contributed by atoms with Crippen molar-refractivity contribution in [3.63, 3.8) is 0 Å². The largest absolute Gasteiger partial charge is 0.274 e. The van der Waals surface area contributed by atoms with Crippen LogP contribution < -0.4 is 11.1 Å². The molecule has 0 saturated heterocycles. The summed E-state index contributed by atoms with van der Waals surface area (Å²) in [7, 11) is -0.955. The summed E-state index contributed by atoms with van der Waals surface area (Å²) in [6.07, 6.45) is 6.23. The van der Waals surface area contributed by atoms with Gasteiger partial charge in [0.2, 0.25) is 0 Å². The lowest BCUT2D eigenvalue weighted by Crippen LogP contribution is -2.37. The smallest absolute Gasteiger partial charge is 0.172 e. The third kappa shape index (κ3) is 6.01. The van der Waals surface area contributed by atoms with Crippen LogP contribution in [0.5, 0.6) is 0 Å². The minimum atomic E-state index is -2.87. The van der Waals surface area contributed by atoms with Gasteiger partial charge < -0.3 is 0 Å². The molecule has 2 N–H and O–H groups in total. The van der Waals surface area contributed by atoms with Gasteiger partial charge in [0.25, 0.3) is 0 Å². The van der Waals surface area contributed by atoms with Gasteiger partial charge in [-0.05, 0) is 38.7 Å². The molecular weight excluding hydrogens is 336 g/mol. The lowest BCUT2D eigenvalue weighted by Gasteiger charge is -2.12. The van der Waals surface area contributed by atoms with Gasteiger partial charge in [-0.1, -0.05) is 43.5 Å². The number of hydrazone groups is 1. The Morgan fingerprint density at radius 1 is 1.04 bits per heavy atom. The molecule has 1 aromatic carbocycles. The van der Waals surface area contributed by atoms with Gasteiger partial charge in [-0.15, -0.1) is 10.6 Å². The first kappa shape index (κ1) is 19.7. The summed E-state index contributed by atoms with van der Waals surface area (Å²) in [6.45, 7) is 3.51. The van der Waals surface area contributed by atoms with E-state index in [-0.39, 0.29) is 5.25 Å². The van der Waals surface area contributed by atoms with Gasteiger partial charge in [0, 0.05) is 12.6 Å². The van der Waals surface area contributed by atoms with Crippen molar-refractivity contribution in [1.29, 1.82) is 0 Å². The van der Waals surface area contributed by atoms with Crippen molar-refractivity contribution in [2.75, 3.05) is 12.8 Å². The van der Waals surface area contributed by atoms with Gasteiger partial charge in [-0.2, -0.15) is 0 Å². The van der Waals surface area contributed by atoms with Crippen LogP contribution in [0.15, 0.2) is 29.4 Å². The van der Waals surface area contributed by atoms with Crippen LogP contribution in [-0.2, 0) is 16.3 Å². The Bertz CT molecular complexity index is 669. The number of hydrogen-bond acceptors (Lipinski definition) is 6. The second-order valence-corrected chi connectivity index (χ2v) is 9.53. The van der Waals surface area contributed by atoms with Gasteiger partial charge in [0.05, 0.1) is 11.0 Å². The molecule has 0 aromatic heterocycles. The molecule has 0 unspecified atom stereocenters. The molecule has 7 heteroatoms. The Morgan fingerprint density at radius 2 is 1.68 bits per heavy atom. The Kier molecular flexibility index (Phi) is 7.25. The molecule has 0 aliphatic carbocycles. The standard InChI is InChI=1S/C18H30N4O2S/c1-15(2)25(23,24)14-8-6-4-5-7-9-16-10-12-17(13-11-16)18-19-20-21-22(18)3/h10-13,15,20-21H,4-9,14H2,1-3H3. The molecule has 1 aromatic rings. The lowest BCUT2D eigenvalue weighted by atomic mass is 10.0. The van der Waals surface area contributed by atoms with E-state index in [9.17, 15) is 8.42 Å². The average molecular weight is 367 g/mol. The third-order valence-corrected chi connectivity index (χ3v) is 6.82. The van der Waals surface area contributed by atoms with Gasteiger partial charge in [0.15, 0.2) is 15.7 Å². The number of hydrogen-bond donors (Lipinski definition) is 2. The molecule has 1 aliphatic rings. The molecule has 0 fully saturated rings. The highest BCUT2D eigenvalue weighted by Crippen LogP contribution is 2.13. The first-order chi connectivity index (χ1) is 11.9. The van der Waals surface area contributed by atoms with E-state index in [1.807, 2.05) is 12.1 Å². The second kappa shape index (κ2) is 9.20. The summed E-state index contributed by atoms with van der Waals surface area (Å²) < 4.78 is 23.5. The van der Waals surface area contributed by atoms with Crippen LogP contribution in [0.25, 0.3) is 0 Å². The number of unbranched alkanes of at least 4 members (excludes halogenated alkanes) is 4. The highest BCUT2D eigenvalue weighted by atomic mass is 32.2. The summed E-state index contributed by atoms with van der Waals surface area (Å²) >= 11 is 0. The quantitative estimate of drug-likeness (QED) is 0.623. The van der Waals surface area contributed by atoms with Crippen LogP contribution in [0.4, 0.5) is 0 Å². The topological polar surface area (TPSA) is 73.8 Å². The predicted octanol–water partition coefficient (Wildman–Crippen LogP) is 2.62. The van der Waals surface area contributed by atoms with Gasteiger partial charge in [-0.25, -0.2) is 14.0 Å². The van der Waals surface area contributed by atoms with Crippen LogP contribution in [0.2, 0.25) is 0 Å². The number of benzene rings is 1. The van der Waals surface area contributed by atoms with Gasteiger partial charge in [-0.3, -0.25) is 5.01 Å². The van der Waals surface area contributed by atoms with Crippen molar-refractivity contribution in [1.82, 2.24) is 16.1 Å². The molecule has 6 nitrogen and oxygen atoms in total. The van der Waals surface area contributed by atoms with E-state index < -0.39 is 9.84 Å². The van der Waals surface area contributed by atoms with Crippen LogP contribution in [0, 0.1) is 0 Å². The molecule has 0 amide bonds. The molecule has 0 spiro atoms. The van der Waals surface area contributed by atoms with E-state index in [1.54, 1.807) is 13.8 Å². The maximum atomic E-state index is 11.7. The Hall–Kier alpha value is -1.60. The maximum Gasteiger partial charge on any atom is 0.172 e. The first-order valence-corrected chi connectivity index (χ1v) is 10.7. The van der Waals surface area contributed by atoms with E-state index in [0.717, 1.165) is 49.9 Å². The van der Waals surface area contributed by atoms with E-state index >= 15 is 0 Å². The normalized spacial score (nSPS) is 14.7. The molecule has 2 rings (SSSR count). The molecule has 0 radical (unpaired) electrons. The average Bonchev–Trinajstić information content (AvgIpc) is 3.00. The van der Waals surface area contributed by atoms with E-state index in [4.69, 9.17) is 0 Å². The third-order valence-electron chi connectivity index (χ3n) is 4.52. The van der Waals surface area contributed by atoms with E-state index in [2.05, 4.69) is 40.4 Å². The second-order valence-electron chi connectivity index (χ2n) is 6.85. The fraction of sp³-hybridized carbons (Fsp3) is 0.611. The Morgan fingerprint density at radius 3 is 2.28 bits per heavy atom. The monoisotopic (exact) mass is 366 g/mol. The molecule has 1 heterocycles. The summed E-state index contributed by atoms with van der Waals surface area (Å²) in [4.78, 5) is 0. The number of aryl methyl sites for hydroxylation is 1. The Labute approximate surface area is 151 Å². The van der Waals surface area contributed by atoms with Crippen molar-refractivity contribution in [3.8, 4) is 0 Å². The molecule has 1 aliphatic heterocycles. The zero-order valence-electron chi connectivity index (χ0n) is 15.5. The van der Waals surface area contributed by atoms with Gasteiger partial charge >= 0.3 is 0 Å². The lowest BCUT2D eigenvalue weighted by molar-refractivity contribution is 0.349. The molecule has 0 bridgehead atoms. The highest BCUT2D eigenvalue weighted by Gasteiger charge is 2.15. The number of nitrogens with zero attached hydrogens (tertiary/aromatic N) is 2. The summed E-state index contributed by atoms with van der Waals surface area (Å²) in [6, 6.07) is 8.49. The van der Waals surface area contributed by atoms with Crippen molar-refractivity contribution in [3.05, 3.63) is 35.4 Å². The fourth-order valence-corrected chi connectivity index (χ4v) is 3.84. The highest BCUT2D eigenvalue weighted by molar-refractivity contribution is 7.91. The summed E-state index contributed by atoms with van der Waals surface area (Å²) in [5.74, 6) is 1.21. The van der Waals surface area contributed by atoms with Crippen LogP contribution >= 0.6 is 0 Å². The fourth-order valence-electron chi connectivity index (χ4n) is 2.76. The zero-order valence-corrected chi connectivity index (χ0v) is 16.3. The van der Waals surface area contributed by atoms with E-state index in [1.165, 1.54) is 5.56 Å².